The lowest BCUT2D eigenvalue weighted by Gasteiger charge is -2.09. The summed E-state index contributed by atoms with van der Waals surface area (Å²) in [5, 5.41) is 5.39. The van der Waals surface area contributed by atoms with Gasteiger partial charge in [-0.3, -0.25) is 9.48 Å². The standard InChI is InChI=1S/C16H12BrClFN3O/c1-2-22-7-8-5-12(20)13(14(17)15(8)21-22)16(23)10-6-9(19)3-4-11(10)18/h3-7H,2,20H2,1H3. The molecule has 3 rings (SSSR count). The lowest BCUT2D eigenvalue weighted by molar-refractivity contribution is 0.103. The summed E-state index contributed by atoms with van der Waals surface area (Å²) in [5.41, 5.74) is 7.24. The van der Waals surface area contributed by atoms with Crippen LogP contribution in [0.15, 0.2) is 34.9 Å². The number of nitrogens with two attached hydrogens (primary N) is 1. The second kappa shape index (κ2) is 5.94. The van der Waals surface area contributed by atoms with E-state index in [1.54, 1.807) is 10.7 Å². The molecular formula is C16H12BrClFN3O. The van der Waals surface area contributed by atoms with Gasteiger partial charge in [0.05, 0.1) is 15.1 Å². The van der Waals surface area contributed by atoms with Crippen LogP contribution in [0.2, 0.25) is 5.02 Å². The largest absolute Gasteiger partial charge is 0.398 e. The first-order valence-corrected chi connectivity index (χ1v) is 8.04. The highest BCUT2D eigenvalue weighted by Gasteiger charge is 2.22. The normalized spacial score (nSPS) is 11.1. The fourth-order valence-corrected chi connectivity index (χ4v) is 3.32. The number of rotatable bonds is 3. The summed E-state index contributed by atoms with van der Waals surface area (Å²) in [5.74, 6) is -0.990. The Bertz CT molecular complexity index is 939. The Morgan fingerprint density at radius 3 is 2.87 bits per heavy atom. The topological polar surface area (TPSA) is 60.9 Å². The molecule has 2 aromatic carbocycles. The van der Waals surface area contributed by atoms with Gasteiger partial charge >= 0.3 is 0 Å². The van der Waals surface area contributed by atoms with Crippen LogP contribution in [-0.2, 0) is 6.54 Å². The molecule has 0 saturated heterocycles. The van der Waals surface area contributed by atoms with E-state index in [0.717, 1.165) is 11.5 Å². The minimum absolute atomic E-state index is 0.0633. The molecule has 3 aromatic rings. The maximum Gasteiger partial charge on any atom is 0.197 e. The number of ketones is 1. The third-order valence-electron chi connectivity index (χ3n) is 3.54. The molecule has 0 atom stereocenters. The van der Waals surface area contributed by atoms with Gasteiger partial charge in [0.1, 0.15) is 11.3 Å². The lowest BCUT2D eigenvalue weighted by Crippen LogP contribution is -2.08. The summed E-state index contributed by atoms with van der Waals surface area (Å²) in [6, 6.07) is 5.33. The average molecular weight is 397 g/mol. The van der Waals surface area contributed by atoms with Crippen molar-refractivity contribution in [2.24, 2.45) is 0 Å². The molecule has 0 aliphatic carbocycles. The number of aryl methyl sites for hydroxylation is 1. The van der Waals surface area contributed by atoms with Crippen molar-refractivity contribution in [3.8, 4) is 0 Å². The molecule has 0 radical (unpaired) electrons. The summed E-state index contributed by atoms with van der Waals surface area (Å²) >= 11 is 9.43. The molecule has 0 aliphatic heterocycles. The van der Waals surface area contributed by atoms with Crippen LogP contribution in [0.4, 0.5) is 10.1 Å². The van der Waals surface area contributed by atoms with Gasteiger partial charge in [0, 0.05) is 29.4 Å². The zero-order valence-electron chi connectivity index (χ0n) is 12.1. The van der Waals surface area contributed by atoms with Crippen LogP contribution in [0.3, 0.4) is 0 Å². The van der Waals surface area contributed by atoms with Gasteiger partial charge in [0.2, 0.25) is 0 Å². The average Bonchev–Trinajstić information content (AvgIpc) is 2.92. The number of aromatic nitrogens is 2. The fraction of sp³-hybridized carbons (Fsp3) is 0.125. The third kappa shape index (κ3) is 2.72. The van der Waals surface area contributed by atoms with E-state index in [2.05, 4.69) is 21.0 Å². The summed E-state index contributed by atoms with van der Waals surface area (Å²) in [4.78, 5) is 12.8. The smallest absolute Gasteiger partial charge is 0.197 e. The summed E-state index contributed by atoms with van der Waals surface area (Å²) < 4.78 is 15.7. The number of halogens is 3. The first-order chi connectivity index (χ1) is 10.9. The van der Waals surface area contributed by atoms with Crippen LogP contribution in [0.5, 0.6) is 0 Å². The van der Waals surface area contributed by atoms with E-state index >= 15 is 0 Å². The number of hydrogen-bond donors (Lipinski definition) is 1. The molecule has 0 unspecified atom stereocenters. The van der Waals surface area contributed by atoms with Gasteiger partial charge in [0.15, 0.2) is 5.78 Å². The Labute approximate surface area is 145 Å². The minimum Gasteiger partial charge on any atom is -0.398 e. The highest BCUT2D eigenvalue weighted by atomic mass is 79.9. The van der Waals surface area contributed by atoms with E-state index in [-0.39, 0.29) is 21.8 Å². The zero-order valence-corrected chi connectivity index (χ0v) is 14.4. The first kappa shape index (κ1) is 16.0. The van der Waals surface area contributed by atoms with Crippen molar-refractivity contribution < 1.29 is 9.18 Å². The molecule has 118 valence electrons. The van der Waals surface area contributed by atoms with E-state index in [4.69, 9.17) is 17.3 Å². The van der Waals surface area contributed by atoms with Crippen molar-refractivity contribution in [2.75, 3.05) is 5.73 Å². The second-order valence-corrected chi connectivity index (χ2v) is 6.23. The van der Waals surface area contributed by atoms with Crippen LogP contribution < -0.4 is 5.73 Å². The monoisotopic (exact) mass is 395 g/mol. The van der Waals surface area contributed by atoms with Crippen LogP contribution in [-0.4, -0.2) is 15.6 Å². The molecule has 0 spiro atoms. The predicted molar refractivity (Wildman–Crippen MR) is 92.4 cm³/mol. The number of carbonyl (C=O) groups is 1. The van der Waals surface area contributed by atoms with Gasteiger partial charge in [-0.25, -0.2) is 4.39 Å². The van der Waals surface area contributed by atoms with Gasteiger partial charge in [0.25, 0.3) is 0 Å². The van der Waals surface area contributed by atoms with E-state index in [1.165, 1.54) is 12.1 Å². The van der Waals surface area contributed by atoms with Gasteiger partial charge in [-0.15, -0.1) is 0 Å². The maximum atomic E-state index is 13.5. The fourth-order valence-electron chi connectivity index (χ4n) is 2.40. The van der Waals surface area contributed by atoms with E-state index < -0.39 is 11.6 Å². The molecule has 4 nitrogen and oxygen atoms in total. The number of hydrogen-bond acceptors (Lipinski definition) is 3. The Kier molecular flexibility index (Phi) is 4.12. The molecule has 7 heteroatoms. The molecule has 2 N–H and O–H groups in total. The second-order valence-electron chi connectivity index (χ2n) is 5.03. The van der Waals surface area contributed by atoms with E-state index in [1.807, 2.05) is 13.1 Å². The van der Waals surface area contributed by atoms with E-state index in [9.17, 15) is 9.18 Å². The highest BCUT2D eigenvalue weighted by Crippen LogP contribution is 2.34. The quantitative estimate of drug-likeness (QED) is 0.526. The van der Waals surface area contributed by atoms with Crippen molar-refractivity contribution >= 4 is 49.9 Å². The molecule has 0 bridgehead atoms. The highest BCUT2D eigenvalue weighted by molar-refractivity contribution is 9.10. The Morgan fingerprint density at radius 1 is 1.43 bits per heavy atom. The van der Waals surface area contributed by atoms with Crippen LogP contribution >= 0.6 is 27.5 Å². The van der Waals surface area contributed by atoms with E-state index in [0.29, 0.717) is 16.5 Å². The number of nitrogens with zero attached hydrogens (tertiary/aromatic N) is 2. The molecule has 0 fully saturated rings. The first-order valence-electron chi connectivity index (χ1n) is 6.87. The molecule has 1 aromatic heterocycles. The molecule has 0 aliphatic rings. The summed E-state index contributed by atoms with van der Waals surface area (Å²) in [6.07, 6.45) is 1.85. The number of carbonyl (C=O) groups excluding carboxylic acids is 1. The molecular weight excluding hydrogens is 385 g/mol. The van der Waals surface area contributed by atoms with Crippen molar-refractivity contribution in [1.82, 2.24) is 9.78 Å². The van der Waals surface area contributed by atoms with Gasteiger partial charge in [-0.2, -0.15) is 5.10 Å². The number of fused-ring (bicyclic) bond motifs is 1. The molecule has 0 saturated carbocycles. The van der Waals surface area contributed by atoms with Gasteiger partial charge in [-0.05, 0) is 47.1 Å². The Morgan fingerprint density at radius 2 is 2.17 bits per heavy atom. The van der Waals surface area contributed by atoms with Crippen molar-refractivity contribution in [1.29, 1.82) is 0 Å². The minimum atomic E-state index is -0.538. The SMILES string of the molecule is CCn1cc2cc(N)c(C(=O)c3cc(F)ccc3Cl)c(Br)c2n1. The van der Waals surface area contributed by atoms with Crippen molar-refractivity contribution in [3.05, 3.63) is 56.9 Å². The predicted octanol–water partition coefficient (Wildman–Crippen LogP) is 4.42. The van der Waals surface area contributed by atoms with Crippen LogP contribution in [0.1, 0.15) is 22.8 Å². The molecule has 23 heavy (non-hydrogen) atoms. The Hall–Kier alpha value is -1.92. The summed E-state index contributed by atoms with van der Waals surface area (Å²) in [7, 11) is 0. The van der Waals surface area contributed by atoms with Gasteiger partial charge in [-0.1, -0.05) is 11.6 Å². The van der Waals surface area contributed by atoms with Crippen LogP contribution in [0.25, 0.3) is 10.9 Å². The maximum absolute atomic E-state index is 13.5. The summed E-state index contributed by atoms with van der Waals surface area (Å²) in [6.45, 7) is 2.65. The van der Waals surface area contributed by atoms with Gasteiger partial charge < -0.3 is 5.73 Å². The number of anilines is 1. The van der Waals surface area contributed by atoms with Crippen molar-refractivity contribution in [2.45, 2.75) is 13.5 Å². The molecule has 0 amide bonds. The zero-order chi connectivity index (χ0) is 16.7. The number of benzene rings is 2. The number of nitrogen functional groups attached to an aromatic ring is 1. The Balaban J connectivity index is 2.22. The molecule has 1 heterocycles. The third-order valence-corrected chi connectivity index (χ3v) is 4.64. The van der Waals surface area contributed by atoms with Crippen LogP contribution in [0, 0.1) is 5.82 Å². The van der Waals surface area contributed by atoms with Crippen molar-refractivity contribution in [3.63, 3.8) is 0 Å². The lowest BCUT2D eigenvalue weighted by atomic mass is 10.0.